The van der Waals surface area contributed by atoms with Crippen LogP contribution in [0.2, 0.25) is 0 Å². The van der Waals surface area contributed by atoms with Crippen molar-refractivity contribution in [3.63, 3.8) is 0 Å². The lowest BCUT2D eigenvalue weighted by molar-refractivity contribution is 0.251. The Labute approximate surface area is 152 Å². The number of likely N-dealkylation sites (tertiary alicyclic amines) is 1. The molecule has 0 aromatic heterocycles. The standard InChI is InChI=1S/C23H30N2/c1-24(16-6-10-20-8-4-3-5-9-20)18-21-12-14-22(15-13-21)23-11-7-17-25(2)19-23/h3-6,8-10,12-15,23H,7,11,16-19H2,1-2H3/b10-6+. The second-order valence-electron chi connectivity index (χ2n) is 7.35. The maximum absolute atomic E-state index is 2.45. The van der Waals surface area contributed by atoms with E-state index in [1.54, 1.807) is 0 Å². The third-order valence-corrected chi connectivity index (χ3v) is 5.06. The molecule has 1 fully saturated rings. The molecule has 2 aromatic rings. The van der Waals surface area contributed by atoms with Gasteiger partial charge in [-0.25, -0.2) is 0 Å². The topological polar surface area (TPSA) is 6.48 Å². The van der Waals surface area contributed by atoms with Gasteiger partial charge in [0.15, 0.2) is 0 Å². The van der Waals surface area contributed by atoms with Crippen LogP contribution in [-0.4, -0.2) is 43.5 Å². The number of nitrogens with zero attached hydrogens (tertiary/aromatic N) is 2. The molecule has 1 heterocycles. The molecule has 1 saturated heterocycles. The van der Waals surface area contributed by atoms with Crippen LogP contribution in [0, 0.1) is 0 Å². The zero-order valence-electron chi connectivity index (χ0n) is 15.6. The van der Waals surface area contributed by atoms with Crippen LogP contribution < -0.4 is 0 Å². The third-order valence-electron chi connectivity index (χ3n) is 5.06. The summed E-state index contributed by atoms with van der Waals surface area (Å²) < 4.78 is 0. The van der Waals surface area contributed by atoms with E-state index in [2.05, 4.69) is 90.6 Å². The normalized spacial score (nSPS) is 18.9. The summed E-state index contributed by atoms with van der Waals surface area (Å²) in [5, 5.41) is 0. The molecule has 1 unspecified atom stereocenters. The molecule has 0 radical (unpaired) electrons. The highest BCUT2D eigenvalue weighted by Crippen LogP contribution is 2.26. The van der Waals surface area contributed by atoms with Gasteiger partial charge >= 0.3 is 0 Å². The first kappa shape index (κ1) is 17.9. The lowest BCUT2D eigenvalue weighted by Crippen LogP contribution is -2.30. The van der Waals surface area contributed by atoms with Gasteiger partial charge in [0.2, 0.25) is 0 Å². The van der Waals surface area contributed by atoms with Crippen LogP contribution >= 0.6 is 0 Å². The third kappa shape index (κ3) is 5.55. The van der Waals surface area contributed by atoms with Crippen molar-refractivity contribution < 1.29 is 0 Å². The molecule has 2 nitrogen and oxygen atoms in total. The molecular weight excluding hydrogens is 304 g/mol. The van der Waals surface area contributed by atoms with Crippen molar-refractivity contribution in [3.8, 4) is 0 Å². The Balaban J connectivity index is 1.50. The first-order valence-electron chi connectivity index (χ1n) is 9.38. The van der Waals surface area contributed by atoms with Gasteiger partial charge in [-0.3, -0.25) is 4.90 Å². The molecule has 0 aliphatic carbocycles. The van der Waals surface area contributed by atoms with Crippen molar-refractivity contribution in [2.24, 2.45) is 0 Å². The lowest BCUT2D eigenvalue weighted by atomic mass is 9.90. The summed E-state index contributed by atoms with van der Waals surface area (Å²) in [6.45, 7) is 4.40. The van der Waals surface area contributed by atoms with Gasteiger partial charge in [0.05, 0.1) is 0 Å². The lowest BCUT2D eigenvalue weighted by Gasteiger charge is -2.30. The Morgan fingerprint density at radius 3 is 2.56 bits per heavy atom. The van der Waals surface area contributed by atoms with E-state index in [4.69, 9.17) is 0 Å². The molecule has 132 valence electrons. The van der Waals surface area contributed by atoms with Crippen LogP contribution in [0.5, 0.6) is 0 Å². The van der Waals surface area contributed by atoms with Gasteiger partial charge in [-0.1, -0.05) is 66.7 Å². The van der Waals surface area contributed by atoms with E-state index < -0.39 is 0 Å². The minimum Gasteiger partial charge on any atom is -0.306 e. The number of rotatable bonds is 6. The average molecular weight is 335 g/mol. The highest BCUT2D eigenvalue weighted by Gasteiger charge is 2.18. The Morgan fingerprint density at radius 2 is 1.84 bits per heavy atom. The van der Waals surface area contributed by atoms with Crippen molar-refractivity contribution >= 4 is 6.08 Å². The van der Waals surface area contributed by atoms with Crippen molar-refractivity contribution in [1.29, 1.82) is 0 Å². The predicted octanol–water partition coefficient (Wildman–Crippen LogP) is 4.64. The summed E-state index contributed by atoms with van der Waals surface area (Å²) in [6, 6.07) is 19.8. The van der Waals surface area contributed by atoms with E-state index in [-0.39, 0.29) is 0 Å². The molecule has 0 spiro atoms. The van der Waals surface area contributed by atoms with Crippen LogP contribution in [0.15, 0.2) is 60.7 Å². The predicted molar refractivity (Wildman–Crippen MR) is 108 cm³/mol. The summed E-state index contributed by atoms with van der Waals surface area (Å²) in [7, 11) is 4.41. The number of benzene rings is 2. The van der Waals surface area contributed by atoms with Gasteiger partial charge in [0.25, 0.3) is 0 Å². The summed E-state index contributed by atoms with van der Waals surface area (Å²) in [4.78, 5) is 4.80. The van der Waals surface area contributed by atoms with E-state index in [9.17, 15) is 0 Å². The van der Waals surface area contributed by atoms with Crippen molar-refractivity contribution in [2.45, 2.75) is 25.3 Å². The second kappa shape index (κ2) is 8.98. The average Bonchev–Trinajstić information content (AvgIpc) is 2.63. The Hall–Kier alpha value is -1.90. The van der Waals surface area contributed by atoms with E-state index in [1.165, 1.54) is 42.6 Å². The van der Waals surface area contributed by atoms with E-state index in [0.29, 0.717) is 5.92 Å². The zero-order valence-corrected chi connectivity index (χ0v) is 15.6. The van der Waals surface area contributed by atoms with Gasteiger partial charge in [-0.05, 0) is 56.1 Å². The molecule has 0 bridgehead atoms. The molecule has 1 aliphatic heterocycles. The fraction of sp³-hybridized carbons (Fsp3) is 0.391. The van der Waals surface area contributed by atoms with Gasteiger partial charge in [0, 0.05) is 19.6 Å². The number of likely N-dealkylation sites (N-methyl/N-ethyl adjacent to an activating group) is 2. The maximum Gasteiger partial charge on any atom is 0.0233 e. The number of hydrogen-bond donors (Lipinski definition) is 0. The van der Waals surface area contributed by atoms with Crippen LogP contribution in [0.3, 0.4) is 0 Å². The molecule has 1 atom stereocenters. The van der Waals surface area contributed by atoms with Gasteiger partial charge < -0.3 is 4.90 Å². The van der Waals surface area contributed by atoms with Crippen LogP contribution in [-0.2, 0) is 6.54 Å². The van der Waals surface area contributed by atoms with E-state index in [0.717, 1.165) is 13.1 Å². The van der Waals surface area contributed by atoms with E-state index in [1.807, 2.05) is 0 Å². The van der Waals surface area contributed by atoms with Crippen LogP contribution in [0.25, 0.3) is 6.08 Å². The minimum absolute atomic E-state index is 0.708. The molecular formula is C23H30N2. The Kier molecular flexibility index (Phi) is 6.43. The quantitative estimate of drug-likeness (QED) is 0.759. The van der Waals surface area contributed by atoms with Gasteiger partial charge in [0.1, 0.15) is 0 Å². The second-order valence-corrected chi connectivity index (χ2v) is 7.35. The summed E-state index contributed by atoms with van der Waals surface area (Å²) in [6.07, 6.45) is 7.08. The Bertz CT molecular complexity index is 660. The molecule has 0 saturated carbocycles. The molecule has 0 amide bonds. The first-order valence-corrected chi connectivity index (χ1v) is 9.38. The van der Waals surface area contributed by atoms with Crippen molar-refractivity contribution in [3.05, 3.63) is 77.4 Å². The highest BCUT2D eigenvalue weighted by molar-refractivity contribution is 5.48. The van der Waals surface area contributed by atoms with Crippen LogP contribution in [0.1, 0.15) is 35.4 Å². The molecule has 3 rings (SSSR count). The van der Waals surface area contributed by atoms with Crippen molar-refractivity contribution in [2.75, 3.05) is 33.7 Å². The van der Waals surface area contributed by atoms with Crippen molar-refractivity contribution in [1.82, 2.24) is 9.80 Å². The Morgan fingerprint density at radius 1 is 1.08 bits per heavy atom. The SMILES string of the molecule is CN(C/C=C/c1ccccc1)Cc1ccc(C2CCCN(C)C2)cc1. The smallest absolute Gasteiger partial charge is 0.0233 e. The van der Waals surface area contributed by atoms with Gasteiger partial charge in [-0.15, -0.1) is 0 Å². The molecule has 1 aliphatic rings. The fourth-order valence-corrected chi connectivity index (χ4v) is 3.64. The molecule has 0 N–H and O–H groups in total. The monoisotopic (exact) mass is 334 g/mol. The fourth-order valence-electron chi connectivity index (χ4n) is 3.64. The minimum atomic E-state index is 0.708. The summed E-state index contributed by atoms with van der Waals surface area (Å²) in [5.74, 6) is 0.708. The molecule has 2 aromatic carbocycles. The largest absolute Gasteiger partial charge is 0.306 e. The molecule has 25 heavy (non-hydrogen) atoms. The summed E-state index contributed by atoms with van der Waals surface area (Å²) >= 11 is 0. The van der Waals surface area contributed by atoms with E-state index >= 15 is 0 Å². The first-order chi connectivity index (χ1) is 12.2. The number of hydrogen-bond acceptors (Lipinski definition) is 2. The highest BCUT2D eigenvalue weighted by atomic mass is 15.1. The van der Waals surface area contributed by atoms with Gasteiger partial charge in [-0.2, -0.15) is 0 Å². The number of piperidine rings is 1. The zero-order chi connectivity index (χ0) is 17.5. The van der Waals surface area contributed by atoms with Crippen LogP contribution in [0.4, 0.5) is 0 Å². The summed E-state index contributed by atoms with van der Waals surface area (Å²) in [5.41, 5.74) is 4.16. The maximum atomic E-state index is 2.45. The molecule has 2 heteroatoms.